The van der Waals surface area contributed by atoms with Crippen molar-refractivity contribution in [2.75, 3.05) is 18.1 Å². The van der Waals surface area contributed by atoms with Crippen LogP contribution in [0.4, 0.5) is 0 Å². The van der Waals surface area contributed by atoms with Gasteiger partial charge < -0.3 is 9.47 Å². The van der Waals surface area contributed by atoms with Crippen LogP contribution in [0.3, 0.4) is 0 Å². The number of β-lactam (4-membered cyclic amide) rings is 1. The maximum Gasteiger partial charge on any atom is 0.355 e. The van der Waals surface area contributed by atoms with Gasteiger partial charge in [0.25, 0.3) is 5.91 Å². The summed E-state index contributed by atoms with van der Waals surface area (Å²) < 4.78 is 10.5. The second-order valence-corrected chi connectivity index (χ2v) is 9.03. The van der Waals surface area contributed by atoms with Gasteiger partial charge >= 0.3 is 11.9 Å². The van der Waals surface area contributed by atoms with Crippen LogP contribution >= 0.6 is 23.5 Å². The quantitative estimate of drug-likeness (QED) is 0.292. The Kier molecular flexibility index (Phi) is 6.79. The molecule has 1 fully saturated rings. The van der Waals surface area contributed by atoms with Gasteiger partial charge in [0.1, 0.15) is 23.3 Å². The summed E-state index contributed by atoms with van der Waals surface area (Å²) >= 11 is 3.03. The fraction of sp³-hybridized carbons (Fsp3) is 0.647. The Hall–Kier alpha value is -1.48. The largest absolute Gasteiger partial charge is 0.461 e. The first kappa shape index (κ1) is 20.8. The Morgan fingerprint density at radius 3 is 2.69 bits per heavy atom. The van der Waals surface area contributed by atoms with E-state index in [0.29, 0.717) is 11.3 Å². The molecule has 0 radical (unpaired) electrons. The zero-order valence-corrected chi connectivity index (χ0v) is 17.2. The van der Waals surface area contributed by atoms with Crippen molar-refractivity contribution >= 4 is 46.9 Å². The molecule has 0 saturated carbocycles. The molecule has 144 valence electrons. The fourth-order valence-electron chi connectivity index (χ4n) is 2.47. The number of esters is 2. The third kappa shape index (κ3) is 4.82. The average Bonchev–Trinajstić information content (AvgIpc) is 2.54. The van der Waals surface area contributed by atoms with Gasteiger partial charge in [0.05, 0.1) is 5.55 Å². The van der Waals surface area contributed by atoms with Crippen LogP contribution in [0.25, 0.3) is 0 Å². The lowest BCUT2D eigenvalue weighted by molar-refractivity contribution is -0.158. The summed E-state index contributed by atoms with van der Waals surface area (Å²) in [5, 5.41) is -0.236. The lowest BCUT2D eigenvalue weighted by Gasteiger charge is -2.48. The van der Waals surface area contributed by atoms with Gasteiger partial charge in [0.15, 0.2) is 6.04 Å². The van der Waals surface area contributed by atoms with Crippen LogP contribution in [0.2, 0.25) is 0 Å². The molecule has 0 spiro atoms. The second kappa shape index (κ2) is 8.47. The van der Waals surface area contributed by atoms with Crippen LogP contribution in [-0.2, 0) is 23.9 Å². The molecule has 1 amide bonds. The molecule has 2 aliphatic heterocycles. The molecule has 7 nitrogen and oxygen atoms in total. The maximum absolute atomic E-state index is 12.7. The summed E-state index contributed by atoms with van der Waals surface area (Å²) in [7, 11) is 0. The van der Waals surface area contributed by atoms with Gasteiger partial charge in [0, 0.05) is 18.2 Å². The number of rotatable bonds is 6. The number of fused-ring (bicyclic) bond motifs is 1. The summed E-state index contributed by atoms with van der Waals surface area (Å²) in [5.41, 5.74) is 1.75. The molecule has 0 aromatic carbocycles. The van der Waals surface area contributed by atoms with E-state index < -0.39 is 23.6 Å². The highest BCUT2D eigenvalue weighted by Crippen LogP contribution is 2.42. The van der Waals surface area contributed by atoms with E-state index in [1.165, 1.54) is 35.3 Å². The molecule has 2 rings (SSSR count). The van der Waals surface area contributed by atoms with Crippen molar-refractivity contribution in [2.45, 2.75) is 51.6 Å². The van der Waals surface area contributed by atoms with Crippen LogP contribution in [0.15, 0.2) is 16.3 Å². The van der Waals surface area contributed by atoms with E-state index in [9.17, 15) is 14.4 Å². The minimum atomic E-state index is -0.694. The van der Waals surface area contributed by atoms with Gasteiger partial charge in [-0.2, -0.15) is 0 Å². The number of hydrogen-bond acceptors (Lipinski definition) is 8. The fourth-order valence-corrected chi connectivity index (χ4v) is 4.15. The molecule has 0 N–H and O–H groups in total. The summed E-state index contributed by atoms with van der Waals surface area (Å²) in [4.78, 5) is 42.2. The Morgan fingerprint density at radius 2 is 2.12 bits per heavy atom. The van der Waals surface area contributed by atoms with Crippen molar-refractivity contribution in [3.05, 3.63) is 11.3 Å². The van der Waals surface area contributed by atoms with Gasteiger partial charge in [-0.05, 0) is 26.5 Å². The van der Waals surface area contributed by atoms with Crippen molar-refractivity contribution in [2.24, 2.45) is 4.99 Å². The number of aliphatic imine (C=N–C) groups is 1. The van der Waals surface area contributed by atoms with Crippen molar-refractivity contribution in [1.29, 1.82) is 0 Å². The van der Waals surface area contributed by atoms with Crippen molar-refractivity contribution in [3.8, 4) is 0 Å². The second-order valence-electron chi connectivity index (χ2n) is 6.80. The highest BCUT2D eigenvalue weighted by Gasteiger charge is 2.54. The molecule has 9 heteroatoms. The first-order chi connectivity index (χ1) is 12.2. The first-order valence-electron chi connectivity index (χ1n) is 8.32. The third-order valence-electron chi connectivity index (χ3n) is 3.52. The monoisotopic (exact) mass is 400 g/mol. The molecule has 2 atom stereocenters. The van der Waals surface area contributed by atoms with Crippen molar-refractivity contribution in [1.82, 2.24) is 4.90 Å². The molecule has 0 aliphatic carbocycles. The SMILES string of the molecule is CCSC=N[C@@H]1C(=O)N2C(C(=O)OC(C)(C)C)=C(COC(C)=O)CS[C@H]12. The molecule has 2 heterocycles. The van der Waals surface area contributed by atoms with E-state index in [0.717, 1.165) is 5.75 Å². The summed E-state index contributed by atoms with van der Waals surface area (Å²) in [5.74, 6) is 0.0901. The normalized spacial score (nSPS) is 23.0. The summed E-state index contributed by atoms with van der Waals surface area (Å²) in [6, 6.07) is -0.494. The van der Waals surface area contributed by atoms with E-state index in [-0.39, 0.29) is 23.6 Å². The van der Waals surface area contributed by atoms with E-state index in [2.05, 4.69) is 4.99 Å². The third-order valence-corrected chi connectivity index (χ3v) is 5.45. The maximum atomic E-state index is 12.7. The summed E-state index contributed by atoms with van der Waals surface area (Å²) in [6.45, 7) is 8.56. The predicted octanol–water partition coefficient (Wildman–Crippen LogP) is 2.21. The highest BCUT2D eigenvalue weighted by atomic mass is 32.2. The number of nitrogens with zero attached hydrogens (tertiary/aromatic N) is 2. The predicted molar refractivity (Wildman–Crippen MR) is 103 cm³/mol. The molecule has 0 aromatic heterocycles. The van der Waals surface area contributed by atoms with E-state index in [4.69, 9.17) is 9.47 Å². The lowest BCUT2D eigenvalue weighted by Crippen LogP contribution is -2.64. The number of amides is 1. The van der Waals surface area contributed by atoms with E-state index >= 15 is 0 Å². The number of carbonyl (C=O) groups is 3. The molecule has 2 aliphatic rings. The van der Waals surface area contributed by atoms with Gasteiger partial charge in [-0.25, -0.2) is 4.79 Å². The van der Waals surface area contributed by atoms with Gasteiger partial charge in [-0.15, -0.1) is 23.5 Å². The first-order valence-corrected chi connectivity index (χ1v) is 10.4. The van der Waals surface area contributed by atoms with E-state index in [1.54, 1.807) is 26.3 Å². The molecular formula is C17H24N2O5S2. The molecule has 1 saturated heterocycles. The number of hydrogen-bond donors (Lipinski definition) is 0. The average molecular weight is 401 g/mol. The van der Waals surface area contributed by atoms with Gasteiger partial charge in [0.2, 0.25) is 0 Å². The number of carbonyl (C=O) groups excluding carboxylic acids is 3. The smallest absolute Gasteiger partial charge is 0.355 e. The van der Waals surface area contributed by atoms with Crippen LogP contribution in [-0.4, -0.2) is 63.4 Å². The Morgan fingerprint density at radius 1 is 1.42 bits per heavy atom. The Bertz CT molecular complexity index is 654. The zero-order valence-electron chi connectivity index (χ0n) is 15.6. The Balaban J connectivity index is 2.27. The number of ether oxygens (including phenoxy) is 2. The summed E-state index contributed by atoms with van der Waals surface area (Å²) in [6.07, 6.45) is 0. The molecule has 26 heavy (non-hydrogen) atoms. The lowest BCUT2D eigenvalue weighted by atomic mass is 10.0. The van der Waals surface area contributed by atoms with E-state index in [1.807, 2.05) is 6.92 Å². The van der Waals surface area contributed by atoms with Gasteiger partial charge in [-0.1, -0.05) is 6.92 Å². The zero-order chi connectivity index (χ0) is 19.5. The molecule has 0 unspecified atom stereocenters. The topological polar surface area (TPSA) is 85.3 Å². The van der Waals surface area contributed by atoms with Crippen molar-refractivity contribution < 1.29 is 23.9 Å². The molecule has 0 aromatic rings. The molecular weight excluding hydrogens is 376 g/mol. The highest BCUT2D eigenvalue weighted by molar-refractivity contribution is 8.12. The van der Waals surface area contributed by atoms with Crippen molar-refractivity contribution in [3.63, 3.8) is 0 Å². The van der Waals surface area contributed by atoms with Crippen LogP contribution in [0, 0.1) is 0 Å². The number of thioether (sulfide) groups is 2. The minimum absolute atomic E-state index is 0.0347. The van der Waals surface area contributed by atoms with Crippen LogP contribution in [0.5, 0.6) is 0 Å². The van der Waals surface area contributed by atoms with Gasteiger partial charge in [-0.3, -0.25) is 19.5 Å². The van der Waals surface area contributed by atoms with Crippen LogP contribution in [0.1, 0.15) is 34.6 Å². The Labute approximate surface area is 161 Å². The minimum Gasteiger partial charge on any atom is -0.461 e. The van der Waals surface area contributed by atoms with Crippen LogP contribution < -0.4 is 0 Å². The standard InChI is InChI=1S/C17H24N2O5S2/c1-6-25-9-18-12-14(21)19-13(16(22)24-17(3,4)5)11(7-23-10(2)20)8-26-15(12)19/h9,12,15H,6-8H2,1-5H3/t12-,15-/m1/s1. The molecule has 0 bridgehead atoms.